The first kappa shape index (κ1) is 11.0. The molecule has 0 bridgehead atoms. The maximum absolute atomic E-state index is 12.5. The molecular formula is C10H12FN3O. The summed E-state index contributed by atoms with van der Waals surface area (Å²) in [6, 6.07) is 5.25. The zero-order chi connectivity index (χ0) is 11.1. The van der Waals surface area contributed by atoms with Crippen molar-refractivity contribution in [1.29, 1.82) is 0 Å². The van der Waals surface area contributed by atoms with Gasteiger partial charge in [-0.1, -0.05) is 6.08 Å². The van der Waals surface area contributed by atoms with Crippen molar-refractivity contribution >= 4 is 11.7 Å². The van der Waals surface area contributed by atoms with Gasteiger partial charge in [0, 0.05) is 6.54 Å². The third-order valence-corrected chi connectivity index (χ3v) is 1.57. The second kappa shape index (κ2) is 5.64. The van der Waals surface area contributed by atoms with E-state index in [9.17, 15) is 9.18 Å². The average molecular weight is 209 g/mol. The minimum absolute atomic E-state index is 0.323. The van der Waals surface area contributed by atoms with E-state index in [-0.39, 0.29) is 11.8 Å². The van der Waals surface area contributed by atoms with E-state index in [1.165, 1.54) is 24.3 Å². The highest BCUT2D eigenvalue weighted by Gasteiger charge is 1.97. The van der Waals surface area contributed by atoms with Crippen molar-refractivity contribution < 1.29 is 9.18 Å². The van der Waals surface area contributed by atoms with Gasteiger partial charge in [0.05, 0.1) is 5.69 Å². The molecule has 0 aromatic heterocycles. The Morgan fingerprint density at radius 1 is 1.40 bits per heavy atom. The first-order valence-corrected chi connectivity index (χ1v) is 4.38. The number of hydrogen-bond donors (Lipinski definition) is 3. The summed E-state index contributed by atoms with van der Waals surface area (Å²) in [6.45, 7) is 3.84. The second-order valence-electron chi connectivity index (χ2n) is 2.76. The Labute approximate surface area is 87.1 Å². The molecular weight excluding hydrogens is 197 g/mol. The molecule has 0 saturated carbocycles. The SMILES string of the molecule is C=CCNC(=O)NNc1ccc(F)cc1. The van der Waals surface area contributed by atoms with Crippen LogP contribution in [0.25, 0.3) is 0 Å². The summed E-state index contributed by atoms with van der Waals surface area (Å²) in [6.07, 6.45) is 1.57. The van der Waals surface area contributed by atoms with Gasteiger partial charge in [-0.3, -0.25) is 10.9 Å². The van der Waals surface area contributed by atoms with Crippen molar-refractivity contribution in [1.82, 2.24) is 10.7 Å². The van der Waals surface area contributed by atoms with Crippen LogP contribution in [0.1, 0.15) is 0 Å². The number of carbonyl (C=O) groups is 1. The number of anilines is 1. The number of halogens is 1. The lowest BCUT2D eigenvalue weighted by atomic mass is 10.3. The molecule has 0 saturated heterocycles. The quantitative estimate of drug-likeness (QED) is 0.521. The third-order valence-electron chi connectivity index (χ3n) is 1.57. The molecule has 0 heterocycles. The molecule has 0 atom stereocenters. The van der Waals surface area contributed by atoms with E-state index in [1.54, 1.807) is 6.08 Å². The van der Waals surface area contributed by atoms with Gasteiger partial charge in [0.2, 0.25) is 0 Å². The summed E-state index contributed by atoms with van der Waals surface area (Å²) >= 11 is 0. The van der Waals surface area contributed by atoms with Gasteiger partial charge in [0.1, 0.15) is 5.82 Å². The Morgan fingerprint density at radius 3 is 2.67 bits per heavy atom. The van der Waals surface area contributed by atoms with Crippen molar-refractivity contribution in [3.63, 3.8) is 0 Å². The Balaban J connectivity index is 2.33. The molecule has 0 aliphatic heterocycles. The van der Waals surface area contributed by atoms with Crippen molar-refractivity contribution in [2.45, 2.75) is 0 Å². The van der Waals surface area contributed by atoms with Crippen LogP contribution in [0.3, 0.4) is 0 Å². The molecule has 0 unspecified atom stereocenters. The molecule has 3 N–H and O–H groups in total. The molecule has 0 aliphatic rings. The summed E-state index contributed by atoms with van der Waals surface area (Å²) in [5.41, 5.74) is 5.60. The predicted octanol–water partition coefficient (Wildman–Crippen LogP) is 1.64. The first-order chi connectivity index (χ1) is 7.22. The highest BCUT2D eigenvalue weighted by Crippen LogP contribution is 2.06. The van der Waals surface area contributed by atoms with Crippen LogP contribution in [-0.2, 0) is 0 Å². The summed E-state index contributed by atoms with van der Waals surface area (Å²) < 4.78 is 12.5. The molecule has 0 fully saturated rings. The molecule has 15 heavy (non-hydrogen) atoms. The standard InChI is InChI=1S/C10H12FN3O/c1-2-7-12-10(15)14-13-9-5-3-8(11)4-6-9/h2-6,13H,1,7H2,(H2,12,14,15). The van der Waals surface area contributed by atoms with E-state index >= 15 is 0 Å². The Hall–Kier alpha value is -2.04. The maximum atomic E-state index is 12.5. The largest absolute Gasteiger partial charge is 0.333 e. The average Bonchev–Trinajstić information content (AvgIpc) is 2.25. The number of amides is 2. The number of hydrazine groups is 1. The molecule has 0 radical (unpaired) electrons. The fourth-order valence-electron chi connectivity index (χ4n) is 0.871. The topological polar surface area (TPSA) is 53.2 Å². The minimum atomic E-state index is -0.376. The van der Waals surface area contributed by atoms with Crippen LogP contribution in [0, 0.1) is 5.82 Å². The van der Waals surface area contributed by atoms with Crippen LogP contribution in [0.2, 0.25) is 0 Å². The van der Waals surface area contributed by atoms with Gasteiger partial charge in [0.25, 0.3) is 0 Å². The predicted molar refractivity (Wildman–Crippen MR) is 56.8 cm³/mol. The van der Waals surface area contributed by atoms with Crippen molar-refractivity contribution in [3.05, 3.63) is 42.7 Å². The van der Waals surface area contributed by atoms with E-state index in [1.807, 2.05) is 0 Å². The van der Waals surface area contributed by atoms with Crippen LogP contribution >= 0.6 is 0 Å². The summed E-state index contributed by atoms with van der Waals surface area (Å²) in [5.74, 6) is -0.323. The lowest BCUT2D eigenvalue weighted by Crippen LogP contribution is -2.38. The van der Waals surface area contributed by atoms with Gasteiger partial charge in [-0.2, -0.15) is 0 Å². The Morgan fingerprint density at radius 2 is 2.07 bits per heavy atom. The molecule has 0 spiro atoms. The number of benzene rings is 1. The van der Waals surface area contributed by atoms with E-state index < -0.39 is 0 Å². The van der Waals surface area contributed by atoms with Gasteiger partial charge >= 0.3 is 6.03 Å². The number of urea groups is 1. The van der Waals surface area contributed by atoms with Gasteiger partial charge in [-0.05, 0) is 24.3 Å². The highest BCUT2D eigenvalue weighted by molar-refractivity contribution is 5.75. The van der Waals surface area contributed by atoms with E-state index in [2.05, 4.69) is 22.7 Å². The molecule has 0 aliphatic carbocycles. The summed E-state index contributed by atoms with van der Waals surface area (Å²) in [7, 11) is 0. The van der Waals surface area contributed by atoms with Crippen LogP contribution in [0.5, 0.6) is 0 Å². The molecule has 80 valence electrons. The van der Waals surface area contributed by atoms with Crippen LogP contribution in [0.4, 0.5) is 14.9 Å². The first-order valence-electron chi connectivity index (χ1n) is 4.38. The molecule has 1 aromatic carbocycles. The van der Waals surface area contributed by atoms with Crippen molar-refractivity contribution in [2.75, 3.05) is 12.0 Å². The maximum Gasteiger partial charge on any atom is 0.333 e. The van der Waals surface area contributed by atoms with E-state index in [4.69, 9.17) is 0 Å². The monoisotopic (exact) mass is 209 g/mol. The van der Waals surface area contributed by atoms with Gasteiger partial charge in [0.15, 0.2) is 0 Å². The number of rotatable bonds is 4. The van der Waals surface area contributed by atoms with Crippen LogP contribution in [0.15, 0.2) is 36.9 Å². The summed E-state index contributed by atoms with van der Waals surface area (Å²) in [5, 5.41) is 2.51. The number of hydrogen-bond acceptors (Lipinski definition) is 2. The third kappa shape index (κ3) is 4.12. The minimum Gasteiger partial charge on any atom is -0.333 e. The molecule has 2 amide bonds. The van der Waals surface area contributed by atoms with Crippen LogP contribution in [-0.4, -0.2) is 12.6 Å². The lowest BCUT2D eigenvalue weighted by Gasteiger charge is -2.08. The zero-order valence-electron chi connectivity index (χ0n) is 8.09. The zero-order valence-corrected chi connectivity index (χ0v) is 8.09. The summed E-state index contributed by atoms with van der Waals surface area (Å²) in [4.78, 5) is 11.0. The van der Waals surface area contributed by atoms with E-state index in [0.717, 1.165) is 0 Å². The van der Waals surface area contributed by atoms with Crippen molar-refractivity contribution in [2.24, 2.45) is 0 Å². The van der Waals surface area contributed by atoms with Crippen molar-refractivity contribution in [3.8, 4) is 0 Å². The Kier molecular flexibility index (Phi) is 4.15. The fraction of sp³-hybridized carbons (Fsp3) is 0.100. The second-order valence-corrected chi connectivity index (χ2v) is 2.76. The van der Waals surface area contributed by atoms with Gasteiger partial charge < -0.3 is 5.32 Å². The number of carbonyl (C=O) groups excluding carboxylic acids is 1. The number of nitrogens with one attached hydrogen (secondary N) is 3. The lowest BCUT2D eigenvalue weighted by molar-refractivity contribution is 0.244. The van der Waals surface area contributed by atoms with Gasteiger partial charge in [-0.25, -0.2) is 9.18 Å². The Bertz CT molecular complexity index is 337. The molecule has 4 nitrogen and oxygen atoms in total. The fourth-order valence-corrected chi connectivity index (χ4v) is 0.871. The van der Waals surface area contributed by atoms with Crippen LogP contribution < -0.4 is 16.2 Å². The molecule has 1 rings (SSSR count). The normalized spacial score (nSPS) is 9.13. The smallest absolute Gasteiger partial charge is 0.333 e. The van der Waals surface area contributed by atoms with Gasteiger partial charge in [-0.15, -0.1) is 6.58 Å². The molecule has 1 aromatic rings. The molecule has 5 heteroatoms. The van der Waals surface area contributed by atoms with E-state index in [0.29, 0.717) is 12.2 Å². The highest BCUT2D eigenvalue weighted by atomic mass is 19.1.